The second-order valence-electron chi connectivity index (χ2n) is 2.29. The van der Waals surface area contributed by atoms with Crippen molar-refractivity contribution in [1.82, 2.24) is 0 Å². The molecule has 0 spiro atoms. The van der Waals surface area contributed by atoms with E-state index in [1.54, 1.807) is 0 Å². The molecule has 14 heavy (non-hydrogen) atoms. The van der Waals surface area contributed by atoms with Crippen molar-refractivity contribution in [2.75, 3.05) is 6.61 Å². The Labute approximate surface area is 101 Å². The first kappa shape index (κ1) is 15.8. The van der Waals surface area contributed by atoms with Crippen LogP contribution in [0.2, 0.25) is 0 Å². The van der Waals surface area contributed by atoms with Crippen molar-refractivity contribution in [3.05, 3.63) is 0 Å². The fraction of sp³-hybridized carbons (Fsp3) is 0.500. The van der Waals surface area contributed by atoms with Gasteiger partial charge in [0.15, 0.2) is 0 Å². The first-order valence-electron chi connectivity index (χ1n) is 3.20. The third-order valence-electron chi connectivity index (χ3n) is 1.58. The van der Waals surface area contributed by atoms with Crippen molar-refractivity contribution in [3.63, 3.8) is 0 Å². The zero-order chi connectivity index (χ0) is 10.6. The van der Waals surface area contributed by atoms with Crippen LogP contribution in [0.15, 0.2) is 0 Å². The summed E-state index contributed by atoms with van der Waals surface area (Å²) in [5, 5.41) is 33.6. The van der Waals surface area contributed by atoms with Gasteiger partial charge in [0.25, 0.3) is 5.41 Å². The van der Waals surface area contributed by atoms with Gasteiger partial charge in [-0.05, 0) is 0 Å². The van der Waals surface area contributed by atoms with E-state index in [2.05, 4.69) is 0 Å². The first-order chi connectivity index (χ1) is 5.89. The third-order valence-corrected chi connectivity index (χ3v) is 1.58. The molecule has 7 nitrogen and oxygen atoms in total. The summed E-state index contributed by atoms with van der Waals surface area (Å²) in [5.41, 5.74) is -2.95. The number of rotatable bonds is 5. The van der Waals surface area contributed by atoms with E-state index in [9.17, 15) is 14.4 Å². The van der Waals surface area contributed by atoms with E-state index in [0.717, 1.165) is 0 Å². The topological polar surface area (TPSA) is 132 Å². The molecule has 8 heteroatoms. The van der Waals surface area contributed by atoms with Crippen LogP contribution in [-0.2, 0) is 14.4 Å². The van der Waals surface area contributed by atoms with Crippen LogP contribution < -0.4 is 0 Å². The Morgan fingerprint density at radius 1 is 0.929 bits per heavy atom. The van der Waals surface area contributed by atoms with Gasteiger partial charge in [-0.2, -0.15) is 0 Å². The number of aliphatic carboxylic acids is 3. The monoisotopic (exact) mass is 216 g/mol. The van der Waals surface area contributed by atoms with Crippen LogP contribution >= 0.6 is 0 Å². The summed E-state index contributed by atoms with van der Waals surface area (Å²) < 4.78 is 0. The second-order valence-corrected chi connectivity index (χ2v) is 2.29. The summed E-state index contributed by atoms with van der Waals surface area (Å²) in [7, 11) is 0. The Bertz CT molecular complexity index is 213. The van der Waals surface area contributed by atoms with Crippen LogP contribution in [-0.4, -0.2) is 74.5 Å². The van der Waals surface area contributed by atoms with E-state index < -0.39 is 36.4 Å². The molecule has 4 N–H and O–H groups in total. The molecule has 0 aliphatic heterocycles. The van der Waals surface area contributed by atoms with E-state index in [0.29, 0.717) is 0 Å². The molecule has 0 bridgehead atoms. The van der Waals surface area contributed by atoms with Gasteiger partial charge < -0.3 is 20.4 Å². The van der Waals surface area contributed by atoms with Crippen molar-refractivity contribution in [1.29, 1.82) is 0 Å². The van der Waals surface area contributed by atoms with Crippen molar-refractivity contribution in [2.45, 2.75) is 6.42 Å². The van der Waals surface area contributed by atoms with Gasteiger partial charge in [0.1, 0.15) is 0 Å². The molecule has 0 aliphatic rings. The number of carbonyl (C=O) groups is 3. The number of hydrogen-bond acceptors (Lipinski definition) is 4. The van der Waals surface area contributed by atoms with Crippen molar-refractivity contribution in [3.8, 4) is 0 Å². The van der Waals surface area contributed by atoms with Crippen LogP contribution in [0.3, 0.4) is 0 Å². The fourth-order valence-corrected chi connectivity index (χ4v) is 0.763. The van der Waals surface area contributed by atoms with Crippen molar-refractivity contribution in [2.24, 2.45) is 5.41 Å². The summed E-state index contributed by atoms with van der Waals surface area (Å²) in [6, 6.07) is 0. The van der Waals surface area contributed by atoms with Gasteiger partial charge in [0.05, 0.1) is 0 Å². The number of aliphatic hydroxyl groups excluding tert-OH is 1. The molecular weight excluding hydrogens is 207 g/mol. The number of hydrogen-bond donors (Lipinski definition) is 4. The molecule has 0 aromatic carbocycles. The molecular formula is C6H9NaO7. The molecule has 0 aromatic rings. The molecule has 0 fully saturated rings. The normalized spacial score (nSPS) is 10.1. The maximum absolute atomic E-state index is 10.4. The summed E-state index contributed by atoms with van der Waals surface area (Å²) >= 11 is 0. The van der Waals surface area contributed by atoms with Crippen LogP contribution in [0.4, 0.5) is 0 Å². The van der Waals surface area contributed by atoms with Gasteiger partial charge in [0, 0.05) is 13.0 Å². The Morgan fingerprint density at radius 3 is 1.29 bits per heavy atom. The first-order valence-corrected chi connectivity index (χ1v) is 3.20. The van der Waals surface area contributed by atoms with E-state index in [4.69, 9.17) is 20.4 Å². The minimum absolute atomic E-state index is 0. The average molecular weight is 216 g/mol. The minimum atomic E-state index is -2.95. The van der Waals surface area contributed by atoms with Crippen LogP contribution in [0.1, 0.15) is 6.42 Å². The molecule has 0 unspecified atom stereocenters. The summed E-state index contributed by atoms with van der Waals surface area (Å²) in [6.45, 7) is -0.828. The molecule has 0 aromatic heterocycles. The molecule has 0 aliphatic carbocycles. The average Bonchev–Trinajstić information content (AvgIpc) is 1.97. The molecule has 0 saturated carbocycles. The van der Waals surface area contributed by atoms with Crippen molar-refractivity contribution < 1.29 is 34.8 Å². The van der Waals surface area contributed by atoms with Gasteiger partial charge in [0.2, 0.25) is 0 Å². The van der Waals surface area contributed by atoms with E-state index in [-0.39, 0.29) is 29.6 Å². The van der Waals surface area contributed by atoms with Crippen LogP contribution in [0, 0.1) is 5.41 Å². The molecule has 0 heterocycles. The maximum atomic E-state index is 10.4. The Hall–Kier alpha value is -0.630. The van der Waals surface area contributed by atoms with Crippen LogP contribution in [0.5, 0.6) is 0 Å². The fourth-order valence-electron chi connectivity index (χ4n) is 0.763. The quantitative estimate of drug-likeness (QED) is 0.307. The van der Waals surface area contributed by atoms with E-state index >= 15 is 0 Å². The van der Waals surface area contributed by atoms with E-state index in [1.807, 2.05) is 0 Å². The Morgan fingerprint density at radius 2 is 1.21 bits per heavy atom. The molecule has 0 atom stereocenters. The summed E-state index contributed by atoms with van der Waals surface area (Å²) in [6.07, 6.45) is -0.868. The molecule has 0 amide bonds. The second kappa shape index (κ2) is 5.97. The summed E-state index contributed by atoms with van der Waals surface area (Å²) in [5.74, 6) is -6.00. The summed E-state index contributed by atoms with van der Waals surface area (Å²) in [4.78, 5) is 31.3. The predicted octanol–water partition coefficient (Wildman–Crippen LogP) is -2.04. The Balaban J connectivity index is 0. The predicted molar refractivity (Wildman–Crippen MR) is 44.2 cm³/mol. The molecule has 0 saturated heterocycles. The van der Waals surface area contributed by atoms with E-state index in [1.165, 1.54) is 0 Å². The zero-order valence-corrected chi connectivity index (χ0v) is 6.43. The van der Waals surface area contributed by atoms with Crippen LogP contribution in [0.25, 0.3) is 0 Å². The molecule has 76 valence electrons. The van der Waals surface area contributed by atoms with Gasteiger partial charge in [-0.1, -0.05) is 0 Å². The van der Waals surface area contributed by atoms with Gasteiger partial charge in [-0.15, -0.1) is 0 Å². The standard InChI is InChI=1S/C6H8O7.Na.H/c7-2-1-6(3(8)9,4(10)11)5(12)13;;/h7H,1-2H2,(H,8,9)(H,10,11)(H,12,13);;. The third kappa shape index (κ3) is 2.68. The zero-order valence-electron chi connectivity index (χ0n) is 6.43. The van der Waals surface area contributed by atoms with Gasteiger partial charge in [-0.25, -0.2) is 0 Å². The Kier molecular flexibility index (Phi) is 6.75. The van der Waals surface area contributed by atoms with Gasteiger partial charge in [-0.3, -0.25) is 14.4 Å². The number of aliphatic hydroxyl groups is 1. The number of carboxylic acids is 3. The molecule has 0 radical (unpaired) electrons. The van der Waals surface area contributed by atoms with Crippen molar-refractivity contribution >= 4 is 47.5 Å². The molecule has 0 rings (SSSR count). The SMILES string of the molecule is O=C(O)C(CCO)(C(=O)O)C(=O)O.[NaH]. The van der Waals surface area contributed by atoms with Gasteiger partial charge >= 0.3 is 47.5 Å². The number of carboxylic acid groups (broad SMARTS) is 3.